The van der Waals surface area contributed by atoms with Gasteiger partial charge in [0.2, 0.25) is 0 Å². The second-order valence-electron chi connectivity index (χ2n) is 5.40. The molecule has 1 fully saturated rings. The fourth-order valence-electron chi connectivity index (χ4n) is 2.61. The van der Waals surface area contributed by atoms with Crippen LogP contribution in [0.25, 0.3) is 0 Å². The lowest BCUT2D eigenvalue weighted by Gasteiger charge is -2.35. The molecule has 0 spiro atoms. The van der Waals surface area contributed by atoms with Crippen molar-refractivity contribution >= 4 is 0 Å². The van der Waals surface area contributed by atoms with Crippen LogP contribution >= 0.6 is 0 Å². The monoisotopic (exact) mass is 236 g/mol. The Morgan fingerprint density at radius 1 is 1.53 bits per heavy atom. The van der Waals surface area contributed by atoms with E-state index in [1.165, 1.54) is 24.2 Å². The van der Waals surface area contributed by atoms with Gasteiger partial charge in [0.05, 0.1) is 11.4 Å². The first-order chi connectivity index (χ1) is 8.08. The van der Waals surface area contributed by atoms with Crippen LogP contribution in [0.2, 0.25) is 0 Å². The van der Waals surface area contributed by atoms with Gasteiger partial charge in [-0.3, -0.25) is 4.68 Å². The Morgan fingerprint density at radius 2 is 2.24 bits per heavy atom. The van der Waals surface area contributed by atoms with Crippen molar-refractivity contribution in [3.8, 4) is 0 Å². The third-order valence-corrected chi connectivity index (χ3v) is 3.66. The van der Waals surface area contributed by atoms with Crippen LogP contribution in [-0.2, 0) is 20.0 Å². The summed E-state index contributed by atoms with van der Waals surface area (Å²) in [5.74, 6) is 0.800. The van der Waals surface area contributed by atoms with Crippen molar-refractivity contribution in [1.29, 1.82) is 0 Å². The highest BCUT2D eigenvalue weighted by Crippen LogP contribution is 2.26. The van der Waals surface area contributed by atoms with Crippen molar-refractivity contribution in [3.05, 3.63) is 17.5 Å². The van der Waals surface area contributed by atoms with Gasteiger partial charge in [-0.05, 0) is 38.3 Å². The fourth-order valence-corrected chi connectivity index (χ4v) is 2.61. The summed E-state index contributed by atoms with van der Waals surface area (Å²) >= 11 is 0. The van der Waals surface area contributed by atoms with Gasteiger partial charge in [0, 0.05) is 26.2 Å². The molecule has 96 valence electrons. The molecule has 0 bridgehead atoms. The Hall–Kier alpha value is -0.870. The summed E-state index contributed by atoms with van der Waals surface area (Å²) in [6, 6.07) is 2.67. The SMILES string of the molecule is CCc1cc(CN(C)CC2CC(N)C2)n(C)n1. The summed E-state index contributed by atoms with van der Waals surface area (Å²) in [4.78, 5) is 2.38. The first-order valence-electron chi connectivity index (χ1n) is 6.54. The maximum atomic E-state index is 5.81. The van der Waals surface area contributed by atoms with E-state index in [-0.39, 0.29) is 0 Å². The lowest BCUT2D eigenvalue weighted by molar-refractivity contribution is 0.176. The minimum atomic E-state index is 0.455. The molecule has 1 aliphatic carbocycles. The largest absolute Gasteiger partial charge is 0.328 e. The number of aryl methyl sites for hydroxylation is 2. The Balaban J connectivity index is 1.84. The number of nitrogens with two attached hydrogens (primary N) is 1. The third-order valence-electron chi connectivity index (χ3n) is 3.66. The molecule has 0 unspecified atom stereocenters. The summed E-state index contributed by atoms with van der Waals surface area (Å²) in [6.45, 7) is 4.28. The highest BCUT2D eigenvalue weighted by Gasteiger charge is 2.26. The third kappa shape index (κ3) is 3.07. The van der Waals surface area contributed by atoms with E-state index in [4.69, 9.17) is 5.73 Å². The van der Waals surface area contributed by atoms with Gasteiger partial charge in [-0.25, -0.2) is 0 Å². The molecule has 0 atom stereocenters. The highest BCUT2D eigenvalue weighted by atomic mass is 15.3. The van der Waals surface area contributed by atoms with Gasteiger partial charge in [-0.15, -0.1) is 0 Å². The van der Waals surface area contributed by atoms with Gasteiger partial charge in [0.1, 0.15) is 0 Å². The fraction of sp³-hybridized carbons (Fsp3) is 0.769. The van der Waals surface area contributed by atoms with Crippen molar-refractivity contribution in [1.82, 2.24) is 14.7 Å². The predicted octanol–water partition coefficient (Wildman–Crippen LogP) is 1.15. The summed E-state index contributed by atoms with van der Waals surface area (Å²) in [6.07, 6.45) is 3.39. The van der Waals surface area contributed by atoms with Crippen LogP contribution in [0.1, 0.15) is 31.2 Å². The molecule has 1 aromatic rings. The number of nitrogens with zero attached hydrogens (tertiary/aromatic N) is 3. The molecule has 0 aliphatic heterocycles. The summed E-state index contributed by atoms with van der Waals surface area (Å²) in [7, 11) is 4.21. The van der Waals surface area contributed by atoms with E-state index in [1.54, 1.807) is 0 Å². The summed E-state index contributed by atoms with van der Waals surface area (Å²) in [5, 5.41) is 4.48. The zero-order valence-corrected chi connectivity index (χ0v) is 11.2. The minimum Gasteiger partial charge on any atom is -0.328 e. The molecule has 1 saturated carbocycles. The van der Waals surface area contributed by atoms with E-state index in [1.807, 2.05) is 11.7 Å². The lowest BCUT2D eigenvalue weighted by atomic mass is 9.80. The molecule has 0 amide bonds. The zero-order chi connectivity index (χ0) is 12.4. The summed E-state index contributed by atoms with van der Waals surface area (Å²) in [5.41, 5.74) is 8.29. The van der Waals surface area contributed by atoms with Gasteiger partial charge in [-0.2, -0.15) is 5.10 Å². The lowest BCUT2D eigenvalue weighted by Crippen LogP contribution is -2.41. The average molecular weight is 236 g/mol. The predicted molar refractivity (Wildman–Crippen MR) is 69.6 cm³/mol. The maximum Gasteiger partial charge on any atom is 0.0625 e. The Labute approximate surface area is 104 Å². The van der Waals surface area contributed by atoms with Gasteiger partial charge in [0.25, 0.3) is 0 Å². The molecule has 4 nitrogen and oxygen atoms in total. The van der Waals surface area contributed by atoms with Gasteiger partial charge in [-0.1, -0.05) is 6.92 Å². The van der Waals surface area contributed by atoms with E-state index < -0.39 is 0 Å². The normalized spacial score (nSPS) is 24.1. The standard InChI is InChI=1S/C13H24N4/c1-4-12-7-13(17(3)15-12)9-16(2)8-10-5-11(14)6-10/h7,10-11H,4-6,8-9,14H2,1-3H3. The van der Waals surface area contributed by atoms with Crippen molar-refractivity contribution in [3.63, 3.8) is 0 Å². The molecule has 0 radical (unpaired) electrons. The molecular formula is C13H24N4. The molecule has 0 aromatic carbocycles. The minimum absolute atomic E-state index is 0.455. The Morgan fingerprint density at radius 3 is 2.76 bits per heavy atom. The van der Waals surface area contributed by atoms with Gasteiger partial charge in [0.15, 0.2) is 0 Å². The first kappa shape index (κ1) is 12.6. The molecular weight excluding hydrogens is 212 g/mol. The first-order valence-corrected chi connectivity index (χ1v) is 6.54. The number of rotatable bonds is 5. The van der Waals surface area contributed by atoms with Crippen molar-refractivity contribution in [2.75, 3.05) is 13.6 Å². The van der Waals surface area contributed by atoms with Gasteiger partial charge < -0.3 is 10.6 Å². The van der Waals surface area contributed by atoms with E-state index in [0.717, 1.165) is 25.4 Å². The molecule has 2 N–H and O–H groups in total. The molecule has 1 aromatic heterocycles. The molecule has 4 heteroatoms. The van der Waals surface area contributed by atoms with Crippen molar-refractivity contribution in [2.24, 2.45) is 18.7 Å². The molecule has 1 aliphatic rings. The van der Waals surface area contributed by atoms with Crippen LogP contribution in [0.4, 0.5) is 0 Å². The van der Waals surface area contributed by atoms with Crippen LogP contribution in [0, 0.1) is 5.92 Å². The maximum absolute atomic E-state index is 5.81. The Bertz CT molecular complexity index is 365. The topological polar surface area (TPSA) is 47.1 Å². The molecule has 2 rings (SSSR count). The van der Waals surface area contributed by atoms with Crippen molar-refractivity contribution in [2.45, 2.75) is 38.8 Å². The number of aromatic nitrogens is 2. The number of hydrogen-bond donors (Lipinski definition) is 1. The smallest absolute Gasteiger partial charge is 0.0625 e. The highest BCUT2D eigenvalue weighted by molar-refractivity contribution is 5.10. The Kier molecular flexibility index (Phi) is 3.84. The average Bonchev–Trinajstić information content (AvgIpc) is 2.57. The van der Waals surface area contributed by atoms with Crippen LogP contribution in [0.3, 0.4) is 0 Å². The number of hydrogen-bond acceptors (Lipinski definition) is 3. The summed E-state index contributed by atoms with van der Waals surface area (Å²) < 4.78 is 2.00. The molecule has 1 heterocycles. The van der Waals surface area contributed by atoms with Crippen LogP contribution in [-0.4, -0.2) is 34.3 Å². The van der Waals surface area contributed by atoms with E-state index in [2.05, 4.69) is 30.0 Å². The quantitative estimate of drug-likeness (QED) is 0.834. The van der Waals surface area contributed by atoms with Crippen LogP contribution < -0.4 is 5.73 Å². The second-order valence-corrected chi connectivity index (χ2v) is 5.40. The van der Waals surface area contributed by atoms with E-state index in [0.29, 0.717) is 6.04 Å². The van der Waals surface area contributed by atoms with Crippen LogP contribution in [0.5, 0.6) is 0 Å². The van der Waals surface area contributed by atoms with E-state index >= 15 is 0 Å². The van der Waals surface area contributed by atoms with E-state index in [9.17, 15) is 0 Å². The van der Waals surface area contributed by atoms with Crippen molar-refractivity contribution < 1.29 is 0 Å². The van der Waals surface area contributed by atoms with Crippen LogP contribution in [0.15, 0.2) is 6.07 Å². The second kappa shape index (κ2) is 5.19. The molecule has 17 heavy (non-hydrogen) atoms. The molecule has 0 saturated heterocycles. The van der Waals surface area contributed by atoms with Gasteiger partial charge >= 0.3 is 0 Å². The zero-order valence-electron chi connectivity index (χ0n) is 11.2.